The zero-order valence-corrected chi connectivity index (χ0v) is 8.52. The highest BCUT2D eigenvalue weighted by Crippen LogP contribution is 2.28. The lowest BCUT2D eigenvalue weighted by molar-refractivity contribution is 0.233. The summed E-state index contributed by atoms with van der Waals surface area (Å²) in [4.78, 5) is 0. The van der Waals surface area contributed by atoms with Gasteiger partial charge in [0.05, 0.1) is 13.2 Å². The summed E-state index contributed by atoms with van der Waals surface area (Å²) in [5.41, 5.74) is 0. The van der Waals surface area contributed by atoms with Crippen molar-refractivity contribution < 1.29 is 14.2 Å². The number of rotatable bonds is 6. The van der Waals surface area contributed by atoms with E-state index < -0.39 is 0 Å². The molecule has 0 spiro atoms. The Kier molecular flexibility index (Phi) is 3.04. The average molecular weight is 206 g/mol. The van der Waals surface area contributed by atoms with E-state index in [1.807, 2.05) is 12.2 Å². The van der Waals surface area contributed by atoms with Crippen LogP contribution in [-0.4, -0.2) is 25.4 Å². The van der Waals surface area contributed by atoms with E-state index in [0.717, 1.165) is 11.5 Å². The van der Waals surface area contributed by atoms with Gasteiger partial charge in [0.2, 0.25) is 0 Å². The molecule has 2 heterocycles. The lowest BCUT2D eigenvalue weighted by atomic mass is 10.3. The molecule has 3 nitrogen and oxygen atoms in total. The van der Waals surface area contributed by atoms with E-state index in [4.69, 9.17) is 14.2 Å². The van der Waals surface area contributed by atoms with E-state index in [2.05, 4.69) is 13.2 Å². The van der Waals surface area contributed by atoms with Gasteiger partial charge in [-0.15, -0.1) is 0 Å². The third-order valence-corrected chi connectivity index (χ3v) is 2.10. The van der Waals surface area contributed by atoms with Crippen LogP contribution in [0.2, 0.25) is 0 Å². The third-order valence-electron chi connectivity index (χ3n) is 2.10. The first-order valence-electron chi connectivity index (χ1n) is 4.91. The normalized spacial score (nSPS) is 29.6. The minimum atomic E-state index is 0.0787. The summed E-state index contributed by atoms with van der Waals surface area (Å²) in [6.07, 6.45) is 7.17. The fraction of sp³-hybridized carbons (Fsp3) is 0.333. The molecule has 0 bridgehead atoms. The Hall–Kier alpha value is -1.32. The molecule has 2 fully saturated rings. The Bertz CT molecular complexity index is 288. The quantitative estimate of drug-likeness (QED) is 0.378. The first-order valence-corrected chi connectivity index (χ1v) is 4.91. The van der Waals surface area contributed by atoms with E-state index >= 15 is 0 Å². The van der Waals surface area contributed by atoms with Crippen molar-refractivity contribution in [2.24, 2.45) is 0 Å². The molecule has 0 aromatic carbocycles. The maximum Gasteiger partial charge on any atom is 0.138 e. The minimum Gasteiger partial charge on any atom is -0.460 e. The summed E-state index contributed by atoms with van der Waals surface area (Å²) in [6, 6.07) is 0. The minimum absolute atomic E-state index is 0.0787. The van der Waals surface area contributed by atoms with Crippen molar-refractivity contribution in [1.82, 2.24) is 0 Å². The molecular weight excluding hydrogens is 192 g/mol. The van der Waals surface area contributed by atoms with E-state index in [-0.39, 0.29) is 12.2 Å². The van der Waals surface area contributed by atoms with Crippen molar-refractivity contribution in [2.45, 2.75) is 12.2 Å². The third kappa shape index (κ3) is 2.81. The molecule has 0 aromatic heterocycles. The Morgan fingerprint density at radius 2 is 1.40 bits per heavy atom. The number of allylic oxidation sites excluding steroid dienone is 4. The zero-order valence-electron chi connectivity index (χ0n) is 8.52. The topological polar surface area (TPSA) is 34.3 Å². The fourth-order valence-corrected chi connectivity index (χ4v) is 1.21. The van der Waals surface area contributed by atoms with Crippen LogP contribution in [0.5, 0.6) is 0 Å². The fourth-order valence-electron chi connectivity index (χ4n) is 1.21. The molecule has 0 saturated carbocycles. The SMILES string of the molecule is C=CC=C(OC(=CC=C)C1CO1)C1CO1. The second-order valence-electron chi connectivity index (χ2n) is 3.36. The van der Waals surface area contributed by atoms with Crippen molar-refractivity contribution in [3.05, 3.63) is 49.0 Å². The molecule has 3 heteroatoms. The highest BCUT2D eigenvalue weighted by Gasteiger charge is 2.34. The molecule has 2 rings (SSSR count). The predicted octanol–water partition coefficient (Wildman–Crippen LogP) is 1.94. The monoisotopic (exact) mass is 206 g/mol. The summed E-state index contributed by atoms with van der Waals surface area (Å²) in [5, 5.41) is 0. The Labute approximate surface area is 89.3 Å². The summed E-state index contributed by atoms with van der Waals surface area (Å²) in [6.45, 7) is 8.71. The first-order chi connectivity index (χ1) is 7.35. The maximum atomic E-state index is 5.71. The molecule has 2 unspecified atom stereocenters. The molecule has 0 N–H and O–H groups in total. The van der Waals surface area contributed by atoms with Crippen LogP contribution < -0.4 is 0 Å². The van der Waals surface area contributed by atoms with Gasteiger partial charge >= 0.3 is 0 Å². The van der Waals surface area contributed by atoms with Gasteiger partial charge in [-0.3, -0.25) is 0 Å². The lowest BCUT2D eigenvalue weighted by Gasteiger charge is -2.08. The molecule has 2 aliphatic heterocycles. The largest absolute Gasteiger partial charge is 0.460 e. The molecule has 2 atom stereocenters. The van der Waals surface area contributed by atoms with E-state index in [0.29, 0.717) is 13.2 Å². The van der Waals surface area contributed by atoms with Crippen molar-refractivity contribution in [3.63, 3.8) is 0 Å². The summed E-state index contributed by atoms with van der Waals surface area (Å²) in [5.74, 6) is 1.57. The second-order valence-corrected chi connectivity index (χ2v) is 3.36. The van der Waals surface area contributed by atoms with Crippen molar-refractivity contribution in [3.8, 4) is 0 Å². The van der Waals surface area contributed by atoms with Crippen LogP contribution in [0.25, 0.3) is 0 Å². The van der Waals surface area contributed by atoms with Crippen LogP contribution >= 0.6 is 0 Å². The Morgan fingerprint density at radius 1 is 1.00 bits per heavy atom. The van der Waals surface area contributed by atoms with Crippen molar-refractivity contribution in [2.75, 3.05) is 13.2 Å². The summed E-state index contributed by atoms with van der Waals surface area (Å²) in [7, 11) is 0. The molecule has 0 aliphatic carbocycles. The zero-order chi connectivity index (χ0) is 10.7. The highest BCUT2D eigenvalue weighted by molar-refractivity contribution is 5.20. The standard InChI is InChI=1S/C12H14O3/c1-3-5-9(11-7-13-11)15-10(6-4-2)12-8-14-12/h3-6,11-12H,1-2,7-8H2. The smallest absolute Gasteiger partial charge is 0.138 e. The summed E-state index contributed by atoms with van der Waals surface area (Å²) >= 11 is 0. The van der Waals surface area contributed by atoms with Gasteiger partial charge in [-0.25, -0.2) is 0 Å². The second kappa shape index (κ2) is 4.47. The number of epoxide rings is 2. The molecule has 15 heavy (non-hydrogen) atoms. The molecule has 2 aliphatic rings. The van der Waals surface area contributed by atoms with Crippen LogP contribution in [0.15, 0.2) is 49.0 Å². The van der Waals surface area contributed by atoms with Gasteiger partial charge in [0.15, 0.2) is 0 Å². The molecule has 2 saturated heterocycles. The van der Waals surface area contributed by atoms with Gasteiger partial charge in [0.1, 0.15) is 23.7 Å². The summed E-state index contributed by atoms with van der Waals surface area (Å²) < 4.78 is 16.0. The average Bonchev–Trinajstić information content (AvgIpc) is 3.05. The van der Waals surface area contributed by atoms with E-state index in [1.165, 1.54) is 0 Å². The van der Waals surface area contributed by atoms with Gasteiger partial charge in [0.25, 0.3) is 0 Å². The van der Waals surface area contributed by atoms with E-state index in [1.54, 1.807) is 12.2 Å². The number of hydrogen-bond acceptors (Lipinski definition) is 3. The van der Waals surface area contributed by atoms with E-state index in [9.17, 15) is 0 Å². The molecular formula is C12H14O3. The van der Waals surface area contributed by atoms with Gasteiger partial charge in [-0.1, -0.05) is 25.3 Å². The van der Waals surface area contributed by atoms with Gasteiger partial charge in [-0.2, -0.15) is 0 Å². The van der Waals surface area contributed by atoms with Gasteiger partial charge < -0.3 is 14.2 Å². The van der Waals surface area contributed by atoms with Gasteiger partial charge in [-0.05, 0) is 12.2 Å². The maximum absolute atomic E-state index is 5.71. The number of hydrogen-bond donors (Lipinski definition) is 0. The van der Waals surface area contributed by atoms with Gasteiger partial charge in [0, 0.05) is 0 Å². The van der Waals surface area contributed by atoms with Crippen LogP contribution in [0, 0.1) is 0 Å². The lowest BCUT2D eigenvalue weighted by Crippen LogP contribution is -2.03. The Morgan fingerprint density at radius 3 is 1.67 bits per heavy atom. The molecule has 0 aromatic rings. The van der Waals surface area contributed by atoms with Crippen molar-refractivity contribution >= 4 is 0 Å². The Balaban J connectivity index is 2.02. The predicted molar refractivity (Wildman–Crippen MR) is 57.1 cm³/mol. The number of ether oxygens (including phenoxy) is 3. The van der Waals surface area contributed by atoms with Crippen molar-refractivity contribution in [1.29, 1.82) is 0 Å². The van der Waals surface area contributed by atoms with Crippen LogP contribution in [0.1, 0.15) is 0 Å². The molecule has 80 valence electrons. The van der Waals surface area contributed by atoms with Crippen LogP contribution in [0.3, 0.4) is 0 Å². The first kappa shape index (κ1) is 10.2. The highest BCUT2D eigenvalue weighted by atomic mass is 16.6. The van der Waals surface area contributed by atoms with Crippen LogP contribution in [0.4, 0.5) is 0 Å². The molecule has 0 amide bonds. The molecule has 0 radical (unpaired) electrons. The van der Waals surface area contributed by atoms with Crippen LogP contribution in [-0.2, 0) is 14.2 Å².